The number of ether oxygens (including phenoxy) is 1. The molecule has 0 radical (unpaired) electrons. The zero-order chi connectivity index (χ0) is 13.1. The summed E-state index contributed by atoms with van der Waals surface area (Å²) < 4.78 is 5.80. The minimum absolute atomic E-state index is 0.529. The third-order valence-corrected chi connectivity index (χ3v) is 3.12. The van der Waals surface area contributed by atoms with Gasteiger partial charge in [0.15, 0.2) is 0 Å². The van der Waals surface area contributed by atoms with E-state index in [1.54, 1.807) is 0 Å². The number of aryl methyl sites for hydroxylation is 2. The Morgan fingerprint density at radius 3 is 2.39 bits per heavy atom. The van der Waals surface area contributed by atoms with Crippen molar-refractivity contribution in [1.82, 2.24) is 0 Å². The van der Waals surface area contributed by atoms with Crippen LogP contribution < -0.4 is 10.5 Å². The Bertz CT molecular complexity index is 549. The number of hydrogen-bond acceptors (Lipinski definition) is 2. The molecule has 3 heteroatoms. The van der Waals surface area contributed by atoms with E-state index in [0.717, 1.165) is 33.1 Å². The van der Waals surface area contributed by atoms with Crippen LogP contribution in [0.15, 0.2) is 36.4 Å². The van der Waals surface area contributed by atoms with E-state index in [2.05, 4.69) is 0 Å². The molecule has 0 amide bonds. The van der Waals surface area contributed by atoms with Crippen LogP contribution in [0.1, 0.15) is 16.7 Å². The molecule has 0 unspecified atom stereocenters. The number of nitrogens with two attached hydrogens (primary N) is 1. The van der Waals surface area contributed by atoms with Crippen LogP contribution in [0, 0.1) is 13.8 Å². The van der Waals surface area contributed by atoms with Crippen molar-refractivity contribution in [2.75, 3.05) is 5.73 Å². The third-order valence-electron chi connectivity index (χ3n) is 2.87. The molecule has 2 N–H and O–H groups in total. The first kappa shape index (κ1) is 12.8. The van der Waals surface area contributed by atoms with Crippen LogP contribution >= 0.6 is 11.6 Å². The molecule has 0 spiro atoms. The highest BCUT2D eigenvalue weighted by Gasteiger charge is 2.03. The molecular formula is C15H16ClNO. The smallest absolute Gasteiger partial charge is 0.123 e. The summed E-state index contributed by atoms with van der Waals surface area (Å²) in [6.07, 6.45) is 0. The van der Waals surface area contributed by atoms with Gasteiger partial charge in [0.2, 0.25) is 0 Å². The largest absolute Gasteiger partial charge is 0.489 e. The molecule has 0 bridgehead atoms. The second-order valence-corrected chi connectivity index (χ2v) is 4.83. The summed E-state index contributed by atoms with van der Waals surface area (Å²) in [7, 11) is 0. The standard InChI is InChI=1S/C15H16ClNO/c1-10-8-15(11(2)7-14(10)17)18-9-12-3-5-13(16)6-4-12/h3-8H,9,17H2,1-2H3. The molecule has 18 heavy (non-hydrogen) atoms. The number of benzene rings is 2. The molecule has 0 aliphatic rings. The maximum atomic E-state index is 5.84. The van der Waals surface area contributed by atoms with Gasteiger partial charge in [-0.3, -0.25) is 0 Å². The van der Waals surface area contributed by atoms with Gasteiger partial charge in [-0.2, -0.15) is 0 Å². The predicted octanol–water partition coefficient (Wildman–Crippen LogP) is 4.12. The van der Waals surface area contributed by atoms with Crippen molar-refractivity contribution in [2.45, 2.75) is 20.5 Å². The minimum atomic E-state index is 0.529. The van der Waals surface area contributed by atoms with E-state index in [4.69, 9.17) is 22.1 Å². The number of halogens is 1. The predicted molar refractivity (Wildman–Crippen MR) is 76.1 cm³/mol. The van der Waals surface area contributed by atoms with Gasteiger partial charge in [0.25, 0.3) is 0 Å². The number of hydrogen-bond donors (Lipinski definition) is 1. The molecule has 0 heterocycles. The fourth-order valence-corrected chi connectivity index (χ4v) is 1.84. The highest BCUT2D eigenvalue weighted by molar-refractivity contribution is 6.30. The summed E-state index contributed by atoms with van der Waals surface area (Å²) in [5.74, 6) is 0.872. The summed E-state index contributed by atoms with van der Waals surface area (Å²) >= 11 is 5.84. The Balaban J connectivity index is 2.10. The first-order valence-corrected chi connectivity index (χ1v) is 6.18. The molecule has 0 saturated carbocycles. The van der Waals surface area contributed by atoms with Gasteiger partial charge >= 0.3 is 0 Å². The average Bonchev–Trinajstić information content (AvgIpc) is 2.34. The lowest BCUT2D eigenvalue weighted by Crippen LogP contribution is -1.99. The Labute approximate surface area is 112 Å². The first-order valence-electron chi connectivity index (χ1n) is 5.80. The minimum Gasteiger partial charge on any atom is -0.489 e. The van der Waals surface area contributed by atoms with Gasteiger partial charge in [-0.05, 0) is 54.8 Å². The summed E-state index contributed by atoms with van der Waals surface area (Å²) in [5, 5.41) is 0.734. The summed E-state index contributed by atoms with van der Waals surface area (Å²) in [4.78, 5) is 0. The molecule has 0 atom stereocenters. The molecule has 2 aromatic rings. The maximum absolute atomic E-state index is 5.84. The van der Waals surface area contributed by atoms with E-state index >= 15 is 0 Å². The van der Waals surface area contributed by atoms with Gasteiger partial charge in [0.1, 0.15) is 12.4 Å². The van der Waals surface area contributed by atoms with Crippen LogP contribution in [0.25, 0.3) is 0 Å². The monoisotopic (exact) mass is 261 g/mol. The quantitative estimate of drug-likeness (QED) is 0.844. The molecule has 0 fully saturated rings. The van der Waals surface area contributed by atoms with E-state index in [-0.39, 0.29) is 0 Å². The topological polar surface area (TPSA) is 35.2 Å². The highest BCUT2D eigenvalue weighted by Crippen LogP contribution is 2.25. The lowest BCUT2D eigenvalue weighted by Gasteiger charge is -2.11. The normalized spacial score (nSPS) is 10.4. The maximum Gasteiger partial charge on any atom is 0.123 e. The lowest BCUT2D eigenvalue weighted by molar-refractivity contribution is 0.304. The van der Waals surface area contributed by atoms with Gasteiger partial charge in [0.05, 0.1) is 0 Å². The number of nitrogen functional groups attached to an aromatic ring is 1. The zero-order valence-corrected chi connectivity index (χ0v) is 11.3. The molecule has 0 aliphatic heterocycles. The highest BCUT2D eigenvalue weighted by atomic mass is 35.5. The van der Waals surface area contributed by atoms with Gasteiger partial charge in [-0.25, -0.2) is 0 Å². The van der Waals surface area contributed by atoms with Crippen molar-refractivity contribution in [3.63, 3.8) is 0 Å². The molecule has 2 rings (SSSR count). The van der Waals surface area contributed by atoms with Crippen LogP contribution in [-0.4, -0.2) is 0 Å². The third kappa shape index (κ3) is 2.96. The van der Waals surface area contributed by atoms with Gasteiger partial charge in [-0.1, -0.05) is 23.7 Å². The van der Waals surface area contributed by atoms with Crippen molar-refractivity contribution >= 4 is 17.3 Å². The van der Waals surface area contributed by atoms with Gasteiger partial charge in [0, 0.05) is 10.7 Å². The van der Waals surface area contributed by atoms with Crippen molar-refractivity contribution in [2.24, 2.45) is 0 Å². The van der Waals surface area contributed by atoms with Crippen molar-refractivity contribution in [1.29, 1.82) is 0 Å². The second kappa shape index (κ2) is 5.32. The Morgan fingerprint density at radius 1 is 1.06 bits per heavy atom. The van der Waals surface area contributed by atoms with Crippen molar-refractivity contribution < 1.29 is 4.74 Å². The van der Waals surface area contributed by atoms with E-state index < -0.39 is 0 Å². The molecule has 2 aromatic carbocycles. The number of anilines is 1. The van der Waals surface area contributed by atoms with Crippen LogP contribution in [0.2, 0.25) is 5.02 Å². The van der Waals surface area contributed by atoms with E-state index in [9.17, 15) is 0 Å². The Morgan fingerprint density at radius 2 is 1.72 bits per heavy atom. The van der Waals surface area contributed by atoms with Crippen LogP contribution in [0.3, 0.4) is 0 Å². The zero-order valence-electron chi connectivity index (χ0n) is 10.5. The molecule has 0 aliphatic carbocycles. The summed E-state index contributed by atoms with van der Waals surface area (Å²) in [6.45, 7) is 4.50. The van der Waals surface area contributed by atoms with Crippen LogP contribution in [0.5, 0.6) is 5.75 Å². The molecular weight excluding hydrogens is 246 g/mol. The summed E-state index contributed by atoms with van der Waals surface area (Å²) in [6, 6.07) is 11.6. The number of rotatable bonds is 3. The van der Waals surface area contributed by atoms with Crippen LogP contribution in [-0.2, 0) is 6.61 Å². The average molecular weight is 262 g/mol. The summed E-state index contributed by atoms with van der Waals surface area (Å²) in [5.41, 5.74) is 9.81. The molecule has 0 saturated heterocycles. The van der Waals surface area contributed by atoms with E-state index in [1.807, 2.05) is 50.2 Å². The molecule has 0 aromatic heterocycles. The van der Waals surface area contributed by atoms with Gasteiger partial charge < -0.3 is 10.5 Å². The fraction of sp³-hybridized carbons (Fsp3) is 0.200. The molecule has 2 nitrogen and oxygen atoms in total. The van der Waals surface area contributed by atoms with Gasteiger partial charge in [-0.15, -0.1) is 0 Å². The molecule has 94 valence electrons. The van der Waals surface area contributed by atoms with E-state index in [0.29, 0.717) is 6.61 Å². The lowest BCUT2D eigenvalue weighted by atomic mass is 10.1. The first-order chi connectivity index (χ1) is 8.56. The fourth-order valence-electron chi connectivity index (χ4n) is 1.71. The van der Waals surface area contributed by atoms with Crippen molar-refractivity contribution in [3.05, 3.63) is 58.1 Å². The second-order valence-electron chi connectivity index (χ2n) is 4.39. The SMILES string of the molecule is Cc1cc(OCc2ccc(Cl)cc2)c(C)cc1N. The van der Waals surface area contributed by atoms with E-state index in [1.165, 1.54) is 0 Å². The Kier molecular flexibility index (Phi) is 3.78. The van der Waals surface area contributed by atoms with Crippen molar-refractivity contribution in [3.8, 4) is 5.75 Å². The van der Waals surface area contributed by atoms with Crippen LogP contribution in [0.4, 0.5) is 5.69 Å². The Hall–Kier alpha value is -1.67.